The minimum Gasteiger partial charge on any atom is -0.367 e. The van der Waals surface area contributed by atoms with Gasteiger partial charge in [0, 0.05) is 17.1 Å². The van der Waals surface area contributed by atoms with Crippen molar-refractivity contribution in [3.05, 3.63) is 22.7 Å². The van der Waals surface area contributed by atoms with E-state index in [1.807, 2.05) is 12.1 Å². The SMILES string of the molecule is CN1c2ccc(Br)cc2NC(=O)CC12CCCCC2. The average Bonchev–Trinajstić information content (AvgIpc) is 2.47. The van der Waals surface area contributed by atoms with Crippen LogP contribution in [0.15, 0.2) is 22.7 Å². The largest absolute Gasteiger partial charge is 0.367 e. The van der Waals surface area contributed by atoms with Crippen molar-refractivity contribution < 1.29 is 4.79 Å². The van der Waals surface area contributed by atoms with Gasteiger partial charge in [-0.1, -0.05) is 35.2 Å². The molecule has 1 aromatic carbocycles. The summed E-state index contributed by atoms with van der Waals surface area (Å²) >= 11 is 3.47. The molecular weight excluding hydrogens is 304 g/mol. The van der Waals surface area contributed by atoms with Crippen LogP contribution in [0.5, 0.6) is 0 Å². The van der Waals surface area contributed by atoms with Gasteiger partial charge in [0.15, 0.2) is 0 Å². The highest BCUT2D eigenvalue weighted by molar-refractivity contribution is 9.10. The van der Waals surface area contributed by atoms with E-state index in [2.05, 4.69) is 39.3 Å². The molecule has 3 rings (SSSR count). The molecule has 3 nitrogen and oxygen atoms in total. The van der Waals surface area contributed by atoms with Gasteiger partial charge in [-0.2, -0.15) is 0 Å². The summed E-state index contributed by atoms with van der Waals surface area (Å²) < 4.78 is 1.000. The fourth-order valence-electron chi connectivity index (χ4n) is 3.49. The number of carbonyl (C=O) groups excluding carboxylic acids is 1. The summed E-state index contributed by atoms with van der Waals surface area (Å²) in [5.41, 5.74) is 2.07. The molecule has 1 fully saturated rings. The summed E-state index contributed by atoms with van der Waals surface area (Å²) in [6.45, 7) is 0. The molecule has 0 bridgehead atoms. The molecule has 1 N–H and O–H groups in total. The highest BCUT2D eigenvalue weighted by Crippen LogP contribution is 2.43. The molecule has 0 radical (unpaired) electrons. The summed E-state index contributed by atoms with van der Waals surface area (Å²) in [7, 11) is 2.14. The number of nitrogens with zero attached hydrogens (tertiary/aromatic N) is 1. The molecule has 0 saturated heterocycles. The molecule has 1 aromatic rings. The van der Waals surface area contributed by atoms with E-state index in [-0.39, 0.29) is 11.4 Å². The van der Waals surface area contributed by atoms with E-state index in [9.17, 15) is 4.79 Å². The average molecular weight is 323 g/mol. The Bertz CT molecular complexity index is 509. The molecule has 0 unspecified atom stereocenters. The Morgan fingerprint density at radius 2 is 2.00 bits per heavy atom. The van der Waals surface area contributed by atoms with Gasteiger partial charge in [0.05, 0.1) is 17.8 Å². The quantitative estimate of drug-likeness (QED) is 0.784. The minimum atomic E-state index is 0.0153. The summed E-state index contributed by atoms with van der Waals surface area (Å²) in [5.74, 6) is 0.144. The molecule has 0 atom stereocenters. The van der Waals surface area contributed by atoms with E-state index < -0.39 is 0 Å². The molecule has 2 aliphatic rings. The van der Waals surface area contributed by atoms with Crippen LogP contribution in [0, 0.1) is 0 Å². The number of carbonyl (C=O) groups is 1. The topological polar surface area (TPSA) is 32.3 Å². The van der Waals surface area contributed by atoms with Crippen LogP contribution in [-0.2, 0) is 4.79 Å². The standard InChI is InChI=1S/C15H19BrN2O/c1-18-13-6-5-11(16)9-12(13)17-14(19)10-15(18)7-3-2-4-8-15/h5-6,9H,2-4,7-8,10H2,1H3,(H,17,19). The van der Waals surface area contributed by atoms with Gasteiger partial charge in [0.2, 0.25) is 5.91 Å². The molecule has 4 heteroatoms. The second-order valence-electron chi connectivity index (χ2n) is 5.73. The van der Waals surface area contributed by atoms with Crippen LogP contribution in [0.2, 0.25) is 0 Å². The van der Waals surface area contributed by atoms with E-state index in [0.29, 0.717) is 6.42 Å². The van der Waals surface area contributed by atoms with E-state index in [4.69, 9.17) is 0 Å². The van der Waals surface area contributed by atoms with Crippen molar-refractivity contribution in [2.45, 2.75) is 44.1 Å². The first kappa shape index (κ1) is 13.0. The summed E-state index contributed by atoms with van der Waals surface area (Å²) in [5, 5.41) is 3.05. The highest BCUT2D eigenvalue weighted by Gasteiger charge is 2.40. The third-order valence-corrected chi connectivity index (χ3v) is 5.07. The van der Waals surface area contributed by atoms with E-state index in [1.165, 1.54) is 19.3 Å². The number of nitrogens with one attached hydrogen (secondary N) is 1. The first-order valence-electron chi connectivity index (χ1n) is 6.94. The first-order chi connectivity index (χ1) is 9.11. The summed E-state index contributed by atoms with van der Waals surface area (Å²) in [6, 6.07) is 6.14. The first-order valence-corrected chi connectivity index (χ1v) is 7.73. The van der Waals surface area contributed by atoms with E-state index in [1.54, 1.807) is 0 Å². The minimum absolute atomic E-state index is 0.0153. The van der Waals surface area contributed by atoms with Crippen LogP contribution in [0.25, 0.3) is 0 Å². The molecule has 102 valence electrons. The van der Waals surface area contributed by atoms with Crippen molar-refractivity contribution in [2.24, 2.45) is 0 Å². The lowest BCUT2D eigenvalue weighted by molar-refractivity contribution is -0.117. The molecule has 1 saturated carbocycles. The Morgan fingerprint density at radius 1 is 1.26 bits per heavy atom. The number of rotatable bonds is 0. The Kier molecular flexibility index (Phi) is 3.29. The predicted octanol–water partition coefficient (Wildman–Crippen LogP) is 3.93. The number of halogens is 1. The van der Waals surface area contributed by atoms with Gasteiger partial charge >= 0.3 is 0 Å². The van der Waals surface area contributed by atoms with E-state index >= 15 is 0 Å². The van der Waals surface area contributed by atoms with Gasteiger partial charge in [-0.25, -0.2) is 0 Å². The number of amides is 1. The van der Waals surface area contributed by atoms with Crippen LogP contribution in [-0.4, -0.2) is 18.5 Å². The number of fused-ring (bicyclic) bond motifs is 1. The van der Waals surface area contributed by atoms with Crippen molar-refractivity contribution in [1.29, 1.82) is 0 Å². The number of hydrogen-bond donors (Lipinski definition) is 1. The fourth-order valence-corrected chi connectivity index (χ4v) is 3.85. The molecule has 1 aliphatic carbocycles. The molecular formula is C15H19BrN2O. The van der Waals surface area contributed by atoms with Crippen LogP contribution in [0.1, 0.15) is 38.5 Å². The molecule has 1 spiro atoms. The number of hydrogen-bond acceptors (Lipinski definition) is 2. The van der Waals surface area contributed by atoms with Gasteiger partial charge in [-0.15, -0.1) is 0 Å². The van der Waals surface area contributed by atoms with Crippen LogP contribution in [0.4, 0.5) is 11.4 Å². The van der Waals surface area contributed by atoms with Gasteiger partial charge in [0.25, 0.3) is 0 Å². The van der Waals surface area contributed by atoms with Crippen LogP contribution < -0.4 is 10.2 Å². The summed E-state index contributed by atoms with van der Waals surface area (Å²) in [6.07, 6.45) is 6.59. The Morgan fingerprint density at radius 3 is 2.74 bits per heavy atom. The second-order valence-corrected chi connectivity index (χ2v) is 6.65. The lowest BCUT2D eigenvalue weighted by atomic mass is 9.78. The lowest BCUT2D eigenvalue weighted by Gasteiger charge is -2.44. The zero-order valence-electron chi connectivity index (χ0n) is 11.2. The van der Waals surface area contributed by atoms with Crippen molar-refractivity contribution in [1.82, 2.24) is 0 Å². The van der Waals surface area contributed by atoms with Gasteiger partial charge < -0.3 is 10.2 Å². The van der Waals surface area contributed by atoms with Crippen molar-refractivity contribution in [3.63, 3.8) is 0 Å². The maximum atomic E-state index is 12.2. The third-order valence-electron chi connectivity index (χ3n) is 4.58. The zero-order chi connectivity index (χ0) is 13.5. The molecule has 0 aromatic heterocycles. The summed E-state index contributed by atoms with van der Waals surface area (Å²) in [4.78, 5) is 14.6. The van der Waals surface area contributed by atoms with Crippen molar-refractivity contribution in [2.75, 3.05) is 17.3 Å². The van der Waals surface area contributed by atoms with E-state index in [0.717, 1.165) is 28.7 Å². The maximum Gasteiger partial charge on any atom is 0.226 e. The number of anilines is 2. The maximum absolute atomic E-state index is 12.2. The number of benzene rings is 1. The van der Waals surface area contributed by atoms with Gasteiger partial charge in [-0.3, -0.25) is 4.79 Å². The van der Waals surface area contributed by atoms with Crippen molar-refractivity contribution >= 4 is 33.2 Å². The lowest BCUT2D eigenvalue weighted by Crippen LogP contribution is -2.49. The van der Waals surface area contributed by atoms with Crippen LogP contribution in [0.3, 0.4) is 0 Å². The van der Waals surface area contributed by atoms with Crippen molar-refractivity contribution in [3.8, 4) is 0 Å². The normalized spacial score (nSPS) is 21.8. The Balaban J connectivity index is 2.06. The molecule has 1 amide bonds. The fraction of sp³-hybridized carbons (Fsp3) is 0.533. The monoisotopic (exact) mass is 322 g/mol. The molecule has 1 aliphatic heterocycles. The highest BCUT2D eigenvalue weighted by atomic mass is 79.9. The smallest absolute Gasteiger partial charge is 0.226 e. The predicted molar refractivity (Wildman–Crippen MR) is 81.6 cm³/mol. The molecule has 19 heavy (non-hydrogen) atoms. The molecule has 1 heterocycles. The van der Waals surface area contributed by atoms with Crippen LogP contribution >= 0.6 is 15.9 Å². The zero-order valence-corrected chi connectivity index (χ0v) is 12.8. The second kappa shape index (κ2) is 4.82. The Hall–Kier alpha value is -1.03. The van der Waals surface area contributed by atoms with Gasteiger partial charge in [0.1, 0.15) is 0 Å². The third kappa shape index (κ3) is 2.27. The van der Waals surface area contributed by atoms with Gasteiger partial charge in [-0.05, 0) is 31.0 Å². The Labute approximate surface area is 122 Å².